The van der Waals surface area contributed by atoms with Crippen LogP contribution in [0.25, 0.3) is 33.8 Å². The number of nitrogens with one attached hydrogen (secondary N) is 2. The van der Waals surface area contributed by atoms with Crippen LogP contribution in [-0.4, -0.2) is 38.4 Å². The summed E-state index contributed by atoms with van der Waals surface area (Å²) < 4.78 is 42.3. The van der Waals surface area contributed by atoms with Gasteiger partial charge in [-0.25, -0.2) is 5.10 Å². The molecular weight excluding hydrogens is 447 g/mol. The number of hydrogen-bond donors (Lipinski definition) is 2. The predicted octanol–water partition coefficient (Wildman–Crippen LogP) is 5.23. The van der Waals surface area contributed by atoms with E-state index in [1.807, 2.05) is 38.1 Å². The maximum atomic E-state index is 13.2. The first-order chi connectivity index (χ1) is 16.2. The number of halogens is 3. The second-order valence-electron chi connectivity index (χ2n) is 7.91. The van der Waals surface area contributed by atoms with Crippen LogP contribution in [0.1, 0.15) is 24.0 Å². The van der Waals surface area contributed by atoms with Crippen molar-refractivity contribution < 1.29 is 17.9 Å². The molecule has 0 spiro atoms. The van der Waals surface area contributed by atoms with Crippen molar-refractivity contribution in [1.29, 1.82) is 0 Å². The maximum absolute atomic E-state index is 13.2. The molecule has 0 bridgehead atoms. The number of benzene rings is 2. The third kappa shape index (κ3) is 5.16. The van der Waals surface area contributed by atoms with E-state index < -0.39 is 12.6 Å². The highest BCUT2D eigenvalue weighted by Crippen LogP contribution is 2.35. The van der Waals surface area contributed by atoms with Crippen molar-refractivity contribution in [2.75, 3.05) is 6.61 Å². The Kier molecular flexibility index (Phi) is 6.49. The van der Waals surface area contributed by atoms with Crippen LogP contribution in [0.2, 0.25) is 0 Å². The van der Waals surface area contributed by atoms with Gasteiger partial charge in [0.25, 0.3) is 5.56 Å². The molecule has 2 aromatic heterocycles. The summed E-state index contributed by atoms with van der Waals surface area (Å²) in [6.07, 6.45) is -5.20. The number of aromatic nitrogens is 5. The molecule has 0 saturated heterocycles. The lowest BCUT2D eigenvalue weighted by molar-refractivity contribution is -0.136. The van der Waals surface area contributed by atoms with Gasteiger partial charge in [0.2, 0.25) is 0 Å². The Morgan fingerprint density at radius 3 is 2.24 bits per heavy atom. The van der Waals surface area contributed by atoms with E-state index in [9.17, 15) is 18.0 Å². The number of tetrazole rings is 1. The zero-order chi connectivity index (χ0) is 24.3. The Balaban J connectivity index is 1.69. The Bertz CT molecular complexity index is 1310. The minimum atomic E-state index is -4.19. The van der Waals surface area contributed by atoms with Crippen LogP contribution in [0.5, 0.6) is 5.75 Å². The van der Waals surface area contributed by atoms with Crippen molar-refractivity contribution in [2.45, 2.75) is 32.9 Å². The fraction of sp³-hybridized carbons (Fsp3) is 0.250. The van der Waals surface area contributed by atoms with Gasteiger partial charge in [0.15, 0.2) is 5.82 Å². The first kappa shape index (κ1) is 23.2. The summed E-state index contributed by atoms with van der Waals surface area (Å²) in [5.74, 6) is 0.711. The number of rotatable bonds is 7. The molecule has 0 radical (unpaired) electrons. The van der Waals surface area contributed by atoms with Gasteiger partial charge in [0.05, 0.1) is 17.9 Å². The first-order valence-electron chi connectivity index (χ1n) is 10.6. The number of alkyl halides is 3. The smallest absolute Gasteiger partial charge is 0.389 e. The summed E-state index contributed by atoms with van der Waals surface area (Å²) >= 11 is 0. The summed E-state index contributed by atoms with van der Waals surface area (Å²) in [7, 11) is 0. The quantitative estimate of drug-likeness (QED) is 0.362. The van der Waals surface area contributed by atoms with Crippen molar-refractivity contribution in [3.63, 3.8) is 0 Å². The number of nitrogens with zero attached hydrogens (tertiary/aromatic N) is 3. The third-order valence-corrected chi connectivity index (χ3v) is 5.40. The summed E-state index contributed by atoms with van der Waals surface area (Å²) in [5.41, 5.74) is 4.75. The summed E-state index contributed by atoms with van der Waals surface area (Å²) in [6.45, 7) is 3.84. The van der Waals surface area contributed by atoms with Gasteiger partial charge in [0, 0.05) is 12.0 Å². The van der Waals surface area contributed by atoms with Crippen molar-refractivity contribution in [3.05, 3.63) is 70.0 Å². The van der Waals surface area contributed by atoms with Crippen LogP contribution in [0.3, 0.4) is 0 Å². The highest BCUT2D eigenvalue weighted by molar-refractivity contribution is 5.86. The van der Waals surface area contributed by atoms with E-state index in [1.54, 1.807) is 24.3 Å². The van der Waals surface area contributed by atoms with Crippen LogP contribution in [-0.2, 0) is 0 Å². The van der Waals surface area contributed by atoms with Gasteiger partial charge in [-0.05, 0) is 71.7 Å². The molecule has 2 N–H and O–H groups in total. The zero-order valence-electron chi connectivity index (χ0n) is 18.5. The third-order valence-electron chi connectivity index (χ3n) is 5.40. The zero-order valence-corrected chi connectivity index (χ0v) is 18.5. The molecule has 4 rings (SSSR count). The van der Waals surface area contributed by atoms with Crippen molar-refractivity contribution in [3.8, 4) is 39.5 Å². The molecule has 0 aliphatic heterocycles. The highest BCUT2D eigenvalue weighted by atomic mass is 19.4. The van der Waals surface area contributed by atoms with Crippen LogP contribution in [0, 0.1) is 13.8 Å². The van der Waals surface area contributed by atoms with E-state index in [0.29, 0.717) is 22.6 Å². The minimum Gasteiger partial charge on any atom is -0.494 e. The van der Waals surface area contributed by atoms with Gasteiger partial charge in [-0.1, -0.05) is 29.8 Å². The molecule has 2 heterocycles. The molecule has 0 amide bonds. The van der Waals surface area contributed by atoms with Gasteiger partial charge in [-0.15, -0.1) is 5.10 Å². The van der Waals surface area contributed by atoms with E-state index in [1.165, 1.54) is 0 Å². The lowest BCUT2D eigenvalue weighted by atomic mass is 9.92. The summed E-state index contributed by atoms with van der Waals surface area (Å²) in [4.78, 5) is 16.1. The van der Waals surface area contributed by atoms with Crippen LogP contribution in [0.15, 0.2) is 53.3 Å². The lowest BCUT2D eigenvalue weighted by Crippen LogP contribution is -2.15. The van der Waals surface area contributed by atoms with E-state index in [4.69, 9.17) is 4.74 Å². The molecule has 10 heteroatoms. The second-order valence-corrected chi connectivity index (χ2v) is 7.91. The molecule has 7 nitrogen and oxygen atoms in total. The van der Waals surface area contributed by atoms with Gasteiger partial charge in [-0.3, -0.25) is 4.79 Å². The summed E-state index contributed by atoms with van der Waals surface area (Å²) in [5, 5.41) is 13.8. The summed E-state index contributed by atoms with van der Waals surface area (Å²) in [6, 6.07) is 14.6. The molecule has 0 unspecified atom stereocenters. The van der Waals surface area contributed by atoms with Gasteiger partial charge in [0.1, 0.15) is 5.75 Å². The monoisotopic (exact) mass is 469 g/mol. The topological polar surface area (TPSA) is 96.6 Å². The average molecular weight is 469 g/mol. The van der Waals surface area contributed by atoms with Crippen molar-refractivity contribution in [2.24, 2.45) is 0 Å². The molecule has 0 aliphatic rings. The number of H-pyrrole nitrogens is 2. The van der Waals surface area contributed by atoms with Crippen LogP contribution >= 0.6 is 0 Å². The van der Waals surface area contributed by atoms with Crippen LogP contribution in [0.4, 0.5) is 13.2 Å². The average Bonchev–Trinajstić information content (AvgIpc) is 3.33. The second kappa shape index (κ2) is 9.50. The molecular formula is C24H22F3N5O2. The van der Waals surface area contributed by atoms with E-state index >= 15 is 0 Å². The molecule has 0 atom stereocenters. The number of hydrogen-bond acceptors (Lipinski definition) is 5. The number of aryl methyl sites for hydroxylation is 1. The highest BCUT2D eigenvalue weighted by Gasteiger charge is 2.26. The van der Waals surface area contributed by atoms with Crippen LogP contribution < -0.4 is 10.3 Å². The van der Waals surface area contributed by atoms with Crippen molar-refractivity contribution in [1.82, 2.24) is 25.6 Å². The number of ether oxygens (including phenoxy) is 1. The molecule has 4 aromatic rings. The van der Waals surface area contributed by atoms with Crippen molar-refractivity contribution >= 4 is 0 Å². The Morgan fingerprint density at radius 1 is 0.941 bits per heavy atom. The molecule has 0 saturated carbocycles. The fourth-order valence-corrected chi connectivity index (χ4v) is 3.74. The van der Waals surface area contributed by atoms with Gasteiger partial charge in [-0.2, -0.15) is 13.2 Å². The van der Waals surface area contributed by atoms with E-state index in [-0.39, 0.29) is 24.4 Å². The normalized spacial score (nSPS) is 11.6. The Labute approximate surface area is 193 Å². The first-order valence-corrected chi connectivity index (χ1v) is 10.6. The molecule has 34 heavy (non-hydrogen) atoms. The largest absolute Gasteiger partial charge is 0.494 e. The molecule has 0 fully saturated rings. The van der Waals surface area contributed by atoms with Gasteiger partial charge >= 0.3 is 6.18 Å². The van der Waals surface area contributed by atoms with Gasteiger partial charge < -0.3 is 9.72 Å². The minimum absolute atomic E-state index is 0.0355. The predicted molar refractivity (Wildman–Crippen MR) is 121 cm³/mol. The lowest BCUT2D eigenvalue weighted by Gasteiger charge is -2.16. The number of pyridine rings is 1. The molecule has 176 valence electrons. The Hall–Kier alpha value is -3.95. The fourth-order valence-electron chi connectivity index (χ4n) is 3.74. The Morgan fingerprint density at radius 2 is 1.62 bits per heavy atom. The molecule has 2 aromatic carbocycles. The standard InChI is InChI=1S/C24H22F3N5O2/c1-14-4-6-16(7-5-14)19-15(2)21(28-23(33)20(19)22-29-31-32-30-22)17-8-10-18(11-9-17)34-13-3-12-24(25,26)27/h4-11H,3,12-13H2,1-2H3,(H,28,33)(H,29,30,31,32). The number of aromatic amines is 2. The van der Waals surface area contributed by atoms with E-state index in [2.05, 4.69) is 25.6 Å². The van der Waals surface area contributed by atoms with E-state index in [0.717, 1.165) is 22.3 Å². The SMILES string of the molecule is Cc1ccc(-c2c(C)c(-c3ccc(OCCCC(F)(F)F)cc3)[nH]c(=O)c2-c2nnn[nH]2)cc1. The maximum Gasteiger partial charge on any atom is 0.389 e. The molecule has 0 aliphatic carbocycles.